The lowest BCUT2D eigenvalue weighted by Gasteiger charge is -2.16. The second kappa shape index (κ2) is 7.83. The van der Waals surface area contributed by atoms with Gasteiger partial charge in [-0.3, -0.25) is 9.88 Å². The van der Waals surface area contributed by atoms with Gasteiger partial charge in [0.05, 0.1) is 5.69 Å². The van der Waals surface area contributed by atoms with Gasteiger partial charge in [-0.2, -0.15) is 0 Å². The third-order valence-corrected chi connectivity index (χ3v) is 5.27. The molecule has 4 rings (SSSR count). The van der Waals surface area contributed by atoms with Crippen LogP contribution in [0, 0.1) is 12.8 Å². The van der Waals surface area contributed by atoms with Crippen molar-refractivity contribution >= 4 is 0 Å². The van der Waals surface area contributed by atoms with Crippen molar-refractivity contribution in [3.8, 4) is 0 Å². The lowest BCUT2D eigenvalue weighted by molar-refractivity contribution is 0.311. The second-order valence-electron chi connectivity index (χ2n) is 7.30. The lowest BCUT2D eigenvalue weighted by atomic mass is 10.0. The third-order valence-electron chi connectivity index (χ3n) is 5.27. The minimum Gasteiger partial charge on any atom is -0.328 e. The maximum atomic E-state index is 4.72. The number of likely N-dealkylation sites (tertiary alicyclic amines) is 1. The summed E-state index contributed by atoms with van der Waals surface area (Å²) in [5.41, 5.74) is 3.74. The van der Waals surface area contributed by atoms with Gasteiger partial charge < -0.3 is 4.57 Å². The van der Waals surface area contributed by atoms with Gasteiger partial charge in [0.1, 0.15) is 5.82 Å². The molecule has 1 atom stereocenters. The molecule has 1 aliphatic rings. The average Bonchev–Trinajstić information content (AvgIpc) is 3.25. The number of aryl methyl sites for hydroxylation is 1. The summed E-state index contributed by atoms with van der Waals surface area (Å²) in [5.74, 6) is 1.89. The Morgan fingerprint density at radius 3 is 2.65 bits per heavy atom. The topological polar surface area (TPSA) is 34.0 Å². The molecule has 1 aliphatic heterocycles. The molecule has 4 nitrogen and oxygen atoms in total. The fourth-order valence-electron chi connectivity index (χ4n) is 3.86. The number of imidazole rings is 1. The fraction of sp³-hybridized carbons (Fsp3) is 0.364. The van der Waals surface area contributed by atoms with Gasteiger partial charge in [-0.25, -0.2) is 4.98 Å². The Morgan fingerprint density at radius 2 is 1.85 bits per heavy atom. The van der Waals surface area contributed by atoms with Gasteiger partial charge in [0.25, 0.3) is 0 Å². The van der Waals surface area contributed by atoms with Crippen LogP contribution >= 0.6 is 0 Å². The standard InChI is InChI=1S/C22H26N4/c1-18-14-24-22(26(18)16-19-7-3-2-4-8-19)13-20-10-12-25(15-20)17-21-9-5-6-11-23-21/h2-9,11,14,20H,10,12-13,15-17H2,1H3. The van der Waals surface area contributed by atoms with Crippen molar-refractivity contribution in [1.29, 1.82) is 0 Å². The van der Waals surface area contributed by atoms with Gasteiger partial charge in [0.15, 0.2) is 0 Å². The molecule has 134 valence electrons. The Balaban J connectivity index is 1.39. The van der Waals surface area contributed by atoms with Crippen LogP contribution in [0.2, 0.25) is 0 Å². The van der Waals surface area contributed by atoms with E-state index in [1.54, 1.807) is 0 Å². The van der Waals surface area contributed by atoms with E-state index < -0.39 is 0 Å². The van der Waals surface area contributed by atoms with Gasteiger partial charge in [-0.15, -0.1) is 0 Å². The van der Waals surface area contributed by atoms with E-state index >= 15 is 0 Å². The smallest absolute Gasteiger partial charge is 0.109 e. The molecule has 2 aromatic heterocycles. The summed E-state index contributed by atoms with van der Waals surface area (Å²) in [5, 5.41) is 0. The molecule has 1 aromatic carbocycles. The Labute approximate surface area is 155 Å². The second-order valence-corrected chi connectivity index (χ2v) is 7.30. The molecule has 0 saturated carbocycles. The summed E-state index contributed by atoms with van der Waals surface area (Å²) >= 11 is 0. The summed E-state index contributed by atoms with van der Waals surface area (Å²) in [4.78, 5) is 11.7. The number of aromatic nitrogens is 3. The highest BCUT2D eigenvalue weighted by atomic mass is 15.2. The molecule has 0 bridgehead atoms. The molecule has 0 amide bonds. The first-order valence-electron chi connectivity index (χ1n) is 9.45. The van der Waals surface area contributed by atoms with E-state index in [0.29, 0.717) is 5.92 Å². The van der Waals surface area contributed by atoms with E-state index in [1.807, 2.05) is 18.5 Å². The van der Waals surface area contributed by atoms with Crippen LogP contribution in [-0.4, -0.2) is 32.5 Å². The molecule has 0 aliphatic carbocycles. The Bertz CT molecular complexity index is 826. The van der Waals surface area contributed by atoms with E-state index in [9.17, 15) is 0 Å². The highest BCUT2D eigenvalue weighted by Gasteiger charge is 2.24. The Morgan fingerprint density at radius 1 is 1.00 bits per heavy atom. The van der Waals surface area contributed by atoms with Crippen molar-refractivity contribution in [2.45, 2.75) is 32.9 Å². The third kappa shape index (κ3) is 4.02. The zero-order valence-electron chi connectivity index (χ0n) is 15.4. The van der Waals surface area contributed by atoms with Crippen molar-refractivity contribution < 1.29 is 0 Å². The number of nitrogens with zero attached hydrogens (tertiary/aromatic N) is 4. The summed E-state index contributed by atoms with van der Waals surface area (Å²) in [6, 6.07) is 16.8. The Hall–Kier alpha value is -2.46. The maximum Gasteiger partial charge on any atom is 0.109 e. The fourth-order valence-corrected chi connectivity index (χ4v) is 3.86. The minimum absolute atomic E-state index is 0.676. The van der Waals surface area contributed by atoms with E-state index in [4.69, 9.17) is 4.98 Å². The molecular formula is C22H26N4. The summed E-state index contributed by atoms with van der Waals surface area (Å²) in [7, 11) is 0. The van der Waals surface area contributed by atoms with Crippen LogP contribution in [0.25, 0.3) is 0 Å². The molecular weight excluding hydrogens is 320 g/mol. The van der Waals surface area contributed by atoms with Crippen molar-refractivity contribution in [2.75, 3.05) is 13.1 Å². The van der Waals surface area contributed by atoms with Crippen LogP contribution in [0.5, 0.6) is 0 Å². The molecule has 0 N–H and O–H groups in total. The van der Waals surface area contributed by atoms with Crippen molar-refractivity contribution in [1.82, 2.24) is 19.4 Å². The Kier molecular flexibility index (Phi) is 5.12. The summed E-state index contributed by atoms with van der Waals surface area (Å²) in [6.07, 6.45) is 6.19. The molecule has 0 radical (unpaired) electrons. The first-order chi connectivity index (χ1) is 12.8. The quantitative estimate of drug-likeness (QED) is 0.682. The molecule has 0 spiro atoms. The van der Waals surface area contributed by atoms with Crippen molar-refractivity contribution in [2.24, 2.45) is 5.92 Å². The number of pyridine rings is 1. The first kappa shape index (κ1) is 17.0. The number of hydrogen-bond acceptors (Lipinski definition) is 3. The van der Waals surface area contributed by atoms with Gasteiger partial charge >= 0.3 is 0 Å². The van der Waals surface area contributed by atoms with E-state index in [0.717, 1.165) is 38.3 Å². The molecule has 1 unspecified atom stereocenters. The summed E-state index contributed by atoms with van der Waals surface area (Å²) < 4.78 is 2.37. The molecule has 1 fully saturated rings. The molecule has 26 heavy (non-hydrogen) atoms. The predicted octanol–water partition coefficient (Wildman–Crippen LogP) is 3.70. The van der Waals surface area contributed by atoms with Crippen LogP contribution < -0.4 is 0 Å². The largest absolute Gasteiger partial charge is 0.328 e. The maximum absolute atomic E-state index is 4.72. The van der Waals surface area contributed by atoms with E-state index in [1.165, 1.54) is 23.5 Å². The van der Waals surface area contributed by atoms with Crippen LogP contribution in [-0.2, 0) is 19.5 Å². The molecule has 3 heterocycles. The summed E-state index contributed by atoms with van der Waals surface area (Å²) in [6.45, 7) is 6.30. The highest BCUT2D eigenvalue weighted by molar-refractivity contribution is 5.17. The molecule has 1 saturated heterocycles. The van der Waals surface area contributed by atoms with Crippen LogP contribution in [0.4, 0.5) is 0 Å². The normalized spacial score (nSPS) is 17.7. The van der Waals surface area contributed by atoms with Crippen molar-refractivity contribution in [3.63, 3.8) is 0 Å². The van der Waals surface area contributed by atoms with Gasteiger partial charge in [-0.05, 0) is 43.5 Å². The molecule has 3 aromatic rings. The number of hydrogen-bond donors (Lipinski definition) is 0. The van der Waals surface area contributed by atoms with Crippen LogP contribution in [0.15, 0.2) is 60.9 Å². The van der Waals surface area contributed by atoms with Crippen LogP contribution in [0.1, 0.15) is 29.2 Å². The van der Waals surface area contributed by atoms with Gasteiger partial charge in [-0.1, -0.05) is 36.4 Å². The minimum atomic E-state index is 0.676. The lowest BCUT2D eigenvalue weighted by Crippen LogP contribution is -2.21. The predicted molar refractivity (Wildman–Crippen MR) is 104 cm³/mol. The van der Waals surface area contributed by atoms with Crippen molar-refractivity contribution in [3.05, 3.63) is 83.7 Å². The van der Waals surface area contributed by atoms with Gasteiger partial charge in [0.2, 0.25) is 0 Å². The van der Waals surface area contributed by atoms with Crippen LogP contribution in [0.3, 0.4) is 0 Å². The zero-order chi connectivity index (χ0) is 17.8. The SMILES string of the molecule is Cc1cnc(CC2CCN(Cc3ccccn3)C2)n1Cc1ccccc1. The number of rotatable bonds is 6. The molecule has 4 heteroatoms. The monoisotopic (exact) mass is 346 g/mol. The van der Waals surface area contributed by atoms with E-state index in [-0.39, 0.29) is 0 Å². The zero-order valence-corrected chi connectivity index (χ0v) is 15.4. The number of benzene rings is 1. The van der Waals surface area contributed by atoms with Gasteiger partial charge in [0, 0.05) is 44.1 Å². The van der Waals surface area contributed by atoms with E-state index in [2.05, 4.69) is 63.8 Å². The first-order valence-corrected chi connectivity index (χ1v) is 9.45. The average molecular weight is 346 g/mol. The highest BCUT2D eigenvalue weighted by Crippen LogP contribution is 2.22.